The highest BCUT2D eigenvalue weighted by Crippen LogP contribution is 2.30. The van der Waals surface area contributed by atoms with Crippen molar-refractivity contribution in [2.75, 3.05) is 13.2 Å². The number of aromatic hydroxyl groups is 4. The quantitative estimate of drug-likeness (QED) is 0.0912. The number of benzene rings is 2. The summed E-state index contributed by atoms with van der Waals surface area (Å²) in [7, 11) is 0. The van der Waals surface area contributed by atoms with Crippen LogP contribution in [0.4, 0.5) is 0 Å². The van der Waals surface area contributed by atoms with E-state index in [9.17, 15) is 45.6 Å². The Kier molecular flexibility index (Phi) is 12.3. The van der Waals surface area contributed by atoms with Crippen LogP contribution in [-0.4, -0.2) is 121 Å². The summed E-state index contributed by atoms with van der Waals surface area (Å²) in [6.45, 7) is 1.05. The van der Waals surface area contributed by atoms with E-state index in [1.54, 1.807) is 13.0 Å². The molecular weight excluding hydrogens is 588 g/mol. The molecule has 1 unspecified atom stereocenters. The fourth-order valence-corrected chi connectivity index (χ4v) is 4.60. The highest BCUT2D eigenvalue weighted by Gasteiger charge is 2.49. The van der Waals surface area contributed by atoms with E-state index in [1.165, 1.54) is 36.4 Å². The van der Waals surface area contributed by atoms with Gasteiger partial charge in [0.15, 0.2) is 35.6 Å². The molecule has 10 N–H and O–H groups in total. The molecule has 44 heavy (non-hydrogen) atoms. The molecule has 2 fully saturated rings. The molecule has 15 heteroatoms. The van der Waals surface area contributed by atoms with Gasteiger partial charge in [-0.25, -0.2) is 4.79 Å². The molecule has 0 radical (unpaired) electrons. The van der Waals surface area contributed by atoms with Gasteiger partial charge in [0.2, 0.25) is 0 Å². The highest BCUT2D eigenvalue weighted by atomic mass is 16.7. The van der Waals surface area contributed by atoms with Crippen molar-refractivity contribution >= 4 is 12.0 Å². The lowest BCUT2D eigenvalue weighted by Gasteiger charge is -2.45. The van der Waals surface area contributed by atoms with Crippen molar-refractivity contribution in [2.24, 2.45) is 0 Å². The Labute approximate surface area is 252 Å². The molecule has 0 spiro atoms. The molecule has 0 aromatic heterocycles. The molecule has 2 heterocycles. The van der Waals surface area contributed by atoms with Crippen LogP contribution in [0.15, 0.2) is 42.5 Å². The topological polar surface area (TPSA) is 257 Å². The summed E-state index contributed by atoms with van der Waals surface area (Å²) in [5.74, 6) is -2.12. The van der Waals surface area contributed by atoms with Gasteiger partial charge in [-0.05, 0) is 54.8 Å². The van der Waals surface area contributed by atoms with E-state index in [1.807, 2.05) is 0 Å². The second-order valence-electron chi connectivity index (χ2n) is 10.4. The predicted molar refractivity (Wildman–Crippen MR) is 149 cm³/mol. The van der Waals surface area contributed by atoms with Gasteiger partial charge < -0.3 is 70.0 Å². The summed E-state index contributed by atoms with van der Waals surface area (Å²) in [5, 5.41) is 80.6. The molecule has 2 aromatic carbocycles. The number of aliphatic hydroxyl groups excluding tert-OH is 4. The average molecular weight is 627 g/mol. The number of aliphatic hydroxyl groups is 4. The summed E-state index contributed by atoms with van der Waals surface area (Å²) in [6, 6.07) is 8.17. The van der Waals surface area contributed by atoms with Crippen LogP contribution >= 0.6 is 0 Å². The minimum atomic E-state index is -1.59. The Morgan fingerprint density at radius 1 is 0.886 bits per heavy atom. The number of carbonyl (C=O) groups excluding carboxylic acids is 1. The molecular formula is C29H38O15. The van der Waals surface area contributed by atoms with Crippen LogP contribution < -0.4 is 0 Å². The summed E-state index contributed by atoms with van der Waals surface area (Å²) in [6.07, 6.45) is -8.88. The molecule has 0 bridgehead atoms. The van der Waals surface area contributed by atoms with Crippen molar-refractivity contribution in [3.8, 4) is 23.0 Å². The standard InChI is InChI=1S/C29H36O14.H2O/c1-14-19(32)12-22(35)28(41-14)43-27-25(37)23(13-40-24(36)7-4-15-2-5-17(30)20(33)10-15)42-29(26(27)38)39-9-8-16-3-6-18(31)21(34)11-16;/h2-7,10-11,14,19,22-23,25-35,37-38H,8-9,12-13H2,1H3;1H2/b7-4+;/t14?,19-,22-,23-,25-,26-,27+,28+,29-;/m1./s1. The zero-order valence-corrected chi connectivity index (χ0v) is 23.7. The van der Waals surface area contributed by atoms with Crippen molar-refractivity contribution in [1.82, 2.24) is 0 Å². The molecule has 15 nitrogen and oxygen atoms in total. The maximum atomic E-state index is 12.4. The lowest BCUT2D eigenvalue weighted by atomic mass is 9.98. The number of ether oxygens (including phenoxy) is 5. The minimum Gasteiger partial charge on any atom is -0.504 e. The Morgan fingerprint density at radius 2 is 1.57 bits per heavy atom. The van der Waals surface area contributed by atoms with Crippen LogP contribution in [0.2, 0.25) is 0 Å². The maximum Gasteiger partial charge on any atom is 0.330 e. The van der Waals surface area contributed by atoms with Crippen LogP contribution in [0, 0.1) is 0 Å². The molecule has 2 saturated heterocycles. The van der Waals surface area contributed by atoms with Gasteiger partial charge in [0, 0.05) is 12.5 Å². The zero-order chi connectivity index (χ0) is 31.3. The zero-order valence-electron chi connectivity index (χ0n) is 23.7. The first-order chi connectivity index (χ1) is 20.4. The van der Waals surface area contributed by atoms with Gasteiger partial charge in [0.1, 0.15) is 37.1 Å². The van der Waals surface area contributed by atoms with Crippen LogP contribution in [0.3, 0.4) is 0 Å². The Bertz CT molecular complexity index is 1270. The van der Waals surface area contributed by atoms with E-state index in [-0.39, 0.29) is 47.9 Å². The number of esters is 1. The van der Waals surface area contributed by atoms with E-state index in [0.29, 0.717) is 11.1 Å². The number of phenolic OH excluding ortho intramolecular Hbond substituents is 4. The fourth-order valence-electron chi connectivity index (χ4n) is 4.60. The van der Waals surface area contributed by atoms with E-state index in [2.05, 4.69) is 0 Å². The molecule has 0 aliphatic carbocycles. The number of rotatable bonds is 10. The minimum absolute atomic E-state index is 0. The highest BCUT2D eigenvalue weighted by molar-refractivity contribution is 5.87. The molecule has 2 aromatic rings. The first-order valence-corrected chi connectivity index (χ1v) is 13.6. The van der Waals surface area contributed by atoms with Gasteiger partial charge in [-0.2, -0.15) is 0 Å². The van der Waals surface area contributed by atoms with Gasteiger partial charge >= 0.3 is 5.97 Å². The maximum absolute atomic E-state index is 12.4. The molecule has 9 atom stereocenters. The SMILES string of the molecule is CC1O[C@@H](O[C@@H]2[C@@H](O)[C@H](OCCc3ccc(O)c(O)c3)O[C@H](COC(=O)/C=C/c3ccc(O)c(O)c3)[C@H]2O)[C@H](O)C[C@H]1O.O. The van der Waals surface area contributed by atoms with Crippen LogP contribution in [-0.2, 0) is 34.9 Å². The summed E-state index contributed by atoms with van der Waals surface area (Å²) in [5.41, 5.74) is 1.01. The Hall–Kier alpha value is -3.51. The van der Waals surface area contributed by atoms with Gasteiger partial charge in [-0.3, -0.25) is 0 Å². The van der Waals surface area contributed by atoms with E-state index >= 15 is 0 Å². The van der Waals surface area contributed by atoms with Crippen LogP contribution in [0.25, 0.3) is 6.08 Å². The number of hydrogen-bond donors (Lipinski definition) is 8. The molecule has 4 rings (SSSR count). The Morgan fingerprint density at radius 3 is 2.25 bits per heavy atom. The van der Waals surface area contributed by atoms with Gasteiger partial charge in [0.05, 0.1) is 18.8 Å². The van der Waals surface area contributed by atoms with Gasteiger partial charge in [0.25, 0.3) is 0 Å². The third-order valence-electron chi connectivity index (χ3n) is 7.13. The van der Waals surface area contributed by atoms with E-state index in [4.69, 9.17) is 23.7 Å². The second-order valence-corrected chi connectivity index (χ2v) is 10.4. The summed E-state index contributed by atoms with van der Waals surface area (Å²) < 4.78 is 28.0. The average Bonchev–Trinajstić information content (AvgIpc) is 2.96. The monoisotopic (exact) mass is 626 g/mol. The van der Waals surface area contributed by atoms with Crippen LogP contribution in [0.5, 0.6) is 23.0 Å². The van der Waals surface area contributed by atoms with Crippen molar-refractivity contribution in [3.63, 3.8) is 0 Å². The molecule has 2 aliphatic rings. The predicted octanol–water partition coefficient (Wildman–Crippen LogP) is -0.811. The summed E-state index contributed by atoms with van der Waals surface area (Å²) in [4.78, 5) is 12.4. The number of carbonyl (C=O) groups is 1. The second kappa shape index (κ2) is 15.5. The van der Waals surface area contributed by atoms with E-state index < -0.39 is 67.9 Å². The van der Waals surface area contributed by atoms with Crippen molar-refractivity contribution in [2.45, 2.75) is 75.1 Å². The molecule has 0 saturated carbocycles. The van der Waals surface area contributed by atoms with Gasteiger partial charge in [-0.15, -0.1) is 0 Å². The Balaban J connectivity index is 0.00000529. The van der Waals surface area contributed by atoms with Crippen molar-refractivity contribution < 1.29 is 74.8 Å². The van der Waals surface area contributed by atoms with Gasteiger partial charge in [-0.1, -0.05) is 12.1 Å². The van der Waals surface area contributed by atoms with Crippen LogP contribution in [0.1, 0.15) is 24.5 Å². The third-order valence-corrected chi connectivity index (χ3v) is 7.13. The van der Waals surface area contributed by atoms with Crippen molar-refractivity contribution in [3.05, 3.63) is 53.6 Å². The largest absolute Gasteiger partial charge is 0.504 e. The van der Waals surface area contributed by atoms with Crippen molar-refractivity contribution in [1.29, 1.82) is 0 Å². The third kappa shape index (κ3) is 8.78. The smallest absolute Gasteiger partial charge is 0.330 e. The molecule has 244 valence electrons. The van der Waals surface area contributed by atoms with E-state index in [0.717, 1.165) is 6.08 Å². The fraction of sp³-hybridized carbons (Fsp3) is 0.483. The lowest BCUT2D eigenvalue weighted by molar-refractivity contribution is -0.348. The number of hydrogen-bond acceptors (Lipinski definition) is 14. The first-order valence-electron chi connectivity index (χ1n) is 13.6. The summed E-state index contributed by atoms with van der Waals surface area (Å²) >= 11 is 0. The first kappa shape index (κ1) is 35.0. The molecule has 0 amide bonds. The lowest BCUT2D eigenvalue weighted by Crippen LogP contribution is -2.62. The molecule has 2 aliphatic heterocycles. The normalized spacial score (nSPS) is 30.5. The number of phenols is 4.